The molecule has 2 aliphatic carbocycles. The Balaban J connectivity index is 1.33. The highest BCUT2D eigenvalue weighted by Crippen LogP contribution is 2.39. The number of nitrogens with zero attached hydrogens (tertiary/aromatic N) is 5. The van der Waals surface area contributed by atoms with Crippen LogP contribution in [0.2, 0.25) is 0 Å². The number of likely N-dealkylation sites (tertiary alicyclic amines) is 1. The smallest absolute Gasteiger partial charge is 0.246 e. The van der Waals surface area contributed by atoms with Crippen LogP contribution < -0.4 is 0 Å². The van der Waals surface area contributed by atoms with Crippen LogP contribution in [0.25, 0.3) is 5.57 Å². The molecule has 1 aromatic rings. The molecule has 7 nitrogen and oxygen atoms in total. The number of rotatable bonds is 5. The number of nitriles is 1. The number of dihydropyridines is 1. The van der Waals surface area contributed by atoms with Crippen molar-refractivity contribution < 1.29 is 9.53 Å². The van der Waals surface area contributed by atoms with Gasteiger partial charge in [0.1, 0.15) is 18.2 Å². The second-order valence-corrected chi connectivity index (χ2v) is 11.6. The van der Waals surface area contributed by atoms with E-state index in [0.717, 1.165) is 31.5 Å². The van der Waals surface area contributed by atoms with E-state index in [1.54, 1.807) is 0 Å². The first kappa shape index (κ1) is 26.6. The Morgan fingerprint density at radius 3 is 2.75 bits per heavy atom. The minimum atomic E-state index is -0.143. The summed E-state index contributed by atoms with van der Waals surface area (Å²) >= 11 is 0. The van der Waals surface area contributed by atoms with Gasteiger partial charge in [-0.3, -0.25) is 4.79 Å². The Labute approximate surface area is 237 Å². The van der Waals surface area contributed by atoms with Gasteiger partial charge in [0.25, 0.3) is 0 Å². The number of carbonyl (C=O) groups is 1. The van der Waals surface area contributed by atoms with Crippen molar-refractivity contribution in [1.29, 1.82) is 5.26 Å². The van der Waals surface area contributed by atoms with E-state index in [9.17, 15) is 10.1 Å². The predicted octanol–water partition coefficient (Wildman–Crippen LogP) is 4.13. The normalized spacial score (nSPS) is 26.4. The van der Waals surface area contributed by atoms with Crippen LogP contribution in [0.15, 0.2) is 65.3 Å². The molecule has 3 atom stereocenters. The van der Waals surface area contributed by atoms with E-state index in [0.29, 0.717) is 50.3 Å². The number of aliphatic imine (C=N–C) groups is 1. The molecule has 0 spiro atoms. The SMILES string of the molecule is C=CC(=O)N1CCN(C2=C(C#N)C(OC[C@@H]3CCCN3C)=NC3C=C(c4cccc5c4CCCC5)C=CC23)CC1. The molecule has 3 aliphatic heterocycles. The molecule has 2 saturated heterocycles. The van der Waals surface area contributed by atoms with Crippen LogP contribution >= 0.6 is 0 Å². The second-order valence-electron chi connectivity index (χ2n) is 11.6. The van der Waals surface area contributed by atoms with Crippen molar-refractivity contribution in [2.75, 3.05) is 46.4 Å². The molecule has 2 fully saturated rings. The Kier molecular flexibility index (Phi) is 7.62. The van der Waals surface area contributed by atoms with Gasteiger partial charge in [-0.15, -0.1) is 0 Å². The van der Waals surface area contributed by atoms with Crippen molar-refractivity contribution in [2.45, 2.75) is 50.6 Å². The zero-order valence-corrected chi connectivity index (χ0v) is 23.5. The molecule has 1 amide bonds. The first-order chi connectivity index (χ1) is 19.6. The van der Waals surface area contributed by atoms with Gasteiger partial charge in [0.15, 0.2) is 0 Å². The summed E-state index contributed by atoms with van der Waals surface area (Å²) in [6, 6.07) is 9.36. The van der Waals surface area contributed by atoms with E-state index in [1.165, 1.54) is 47.6 Å². The summed E-state index contributed by atoms with van der Waals surface area (Å²) in [7, 11) is 2.14. The molecule has 0 bridgehead atoms. The number of carbonyl (C=O) groups excluding carboxylic acids is 1. The molecule has 0 N–H and O–H groups in total. The molecule has 0 aromatic heterocycles. The lowest BCUT2D eigenvalue weighted by Gasteiger charge is -2.42. The topological polar surface area (TPSA) is 72.2 Å². The number of hydrogen-bond donors (Lipinski definition) is 0. The van der Waals surface area contributed by atoms with Gasteiger partial charge in [-0.05, 0) is 80.5 Å². The van der Waals surface area contributed by atoms with Gasteiger partial charge in [0.05, 0.1) is 6.04 Å². The molecule has 208 valence electrons. The average Bonchev–Trinajstić information content (AvgIpc) is 3.42. The van der Waals surface area contributed by atoms with Gasteiger partial charge in [-0.1, -0.05) is 43.0 Å². The minimum absolute atomic E-state index is 0.0406. The molecule has 2 unspecified atom stereocenters. The van der Waals surface area contributed by atoms with E-state index in [2.05, 4.69) is 65.9 Å². The maximum absolute atomic E-state index is 12.2. The van der Waals surface area contributed by atoms with Crippen molar-refractivity contribution in [3.63, 3.8) is 0 Å². The number of aryl methyl sites for hydroxylation is 1. The maximum Gasteiger partial charge on any atom is 0.246 e. The summed E-state index contributed by atoms with van der Waals surface area (Å²) in [5, 5.41) is 10.4. The molecule has 0 radical (unpaired) electrons. The van der Waals surface area contributed by atoms with Gasteiger partial charge in [0, 0.05) is 43.8 Å². The molecule has 40 heavy (non-hydrogen) atoms. The third kappa shape index (κ3) is 5.01. The van der Waals surface area contributed by atoms with Crippen molar-refractivity contribution in [3.8, 4) is 6.07 Å². The van der Waals surface area contributed by atoms with Gasteiger partial charge in [-0.2, -0.15) is 5.26 Å². The second kappa shape index (κ2) is 11.5. The van der Waals surface area contributed by atoms with Crippen molar-refractivity contribution in [3.05, 3.63) is 77.0 Å². The Morgan fingerprint density at radius 1 is 1.18 bits per heavy atom. The van der Waals surface area contributed by atoms with Crippen molar-refractivity contribution >= 4 is 17.4 Å². The third-order valence-corrected chi connectivity index (χ3v) is 9.26. The summed E-state index contributed by atoms with van der Waals surface area (Å²) in [5.74, 6) is 0.379. The Morgan fingerprint density at radius 2 is 2.00 bits per heavy atom. The fourth-order valence-corrected chi connectivity index (χ4v) is 6.99. The zero-order chi connectivity index (χ0) is 27.6. The number of allylic oxidation sites excluding steroid dienone is 2. The van der Waals surface area contributed by atoms with Crippen molar-refractivity contribution in [1.82, 2.24) is 14.7 Å². The van der Waals surface area contributed by atoms with Crippen LogP contribution in [-0.4, -0.2) is 85.0 Å². The fraction of sp³-hybridized carbons (Fsp3) is 0.485. The summed E-state index contributed by atoms with van der Waals surface area (Å²) in [6.07, 6.45) is 15.2. The summed E-state index contributed by atoms with van der Waals surface area (Å²) in [5.41, 5.74) is 6.97. The van der Waals surface area contributed by atoms with E-state index < -0.39 is 0 Å². The van der Waals surface area contributed by atoms with Crippen LogP contribution in [0.3, 0.4) is 0 Å². The van der Waals surface area contributed by atoms with Gasteiger partial charge >= 0.3 is 0 Å². The Bertz CT molecular complexity index is 1340. The van der Waals surface area contributed by atoms with E-state index >= 15 is 0 Å². The number of fused-ring (bicyclic) bond motifs is 2. The van der Waals surface area contributed by atoms with E-state index in [-0.39, 0.29) is 17.9 Å². The highest BCUT2D eigenvalue weighted by molar-refractivity contribution is 6.00. The van der Waals surface area contributed by atoms with Crippen LogP contribution in [0.1, 0.15) is 42.4 Å². The van der Waals surface area contributed by atoms with Crippen LogP contribution in [0, 0.1) is 17.2 Å². The summed E-state index contributed by atoms with van der Waals surface area (Å²) in [4.78, 5) is 23.7. The molecule has 0 saturated carbocycles. The molecule has 1 aromatic carbocycles. The van der Waals surface area contributed by atoms with E-state index in [4.69, 9.17) is 9.73 Å². The average molecular weight is 538 g/mol. The van der Waals surface area contributed by atoms with Crippen LogP contribution in [-0.2, 0) is 22.4 Å². The number of benzene rings is 1. The summed E-state index contributed by atoms with van der Waals surface area (Å²) in [6.45, 7) is 7.78. The highest BCUT2D eigenvalue weighted by atomic mass is 16.5. The number of amides is 1. The molecular weight excluding hydrogens is 498 g/mol. The molecule has 5 aliphatic rings. The van der Waals surface area contributed by atoms with Crippen molar-refractivity contribution in [2.24, 2.45) is 10.9 Å². The maximum atomic E-state index is 12.2. The highest BCUT2D eigenvalue weighted by Gasteiger charge is 2.38. The monoisotopic (exact) mass is 537 g/mol. The quantitative estimate of drug-likeness (QED) is 0.528. The molecule has 7 heteroatoms. The lowest BCUT2D eigenvalue weighted by molar-refractivity contribution is -0.127. The number of ether oxygens (including phenoxy) is 1. The first-order valence-corrected chi connectivity index (χ1v) is 14.8. The predicted molar refractivity (Wildman–Crippen MR) is 158 cm³/mol. The van der Waals surface area contributed by atoms with Crippen LogP contribution in [0.5, 0.6) is 0 Å². The minimum Gasteiger partial charge on any atom is -0.475 e. The van der Waals surface area contributed by atoms with Crippen LogP contribution in [0.4, 0.5) is 0 Å². The fourth-order valence-electron chi connectivity index (χ4n) is 6.99. The van der Waals surface area contributed by atoms with Gasteiger partial charge in [0.2, 0.25) is 11.8 Å². The summed E-state index contributed by atoms with van der Waals surface area (Å²) < 4.78 is 6.39. The lowest BCUT2D eigenvalue weighted by Crippen LogP contribution is -2.50. The number of likely N-dealkylation sites (N-methyl/N-ethyl adjacent to an activating group) is 1. The third-order valence-electron chi connectivity index (χ3n) is 9.26. The van der Waals surface area contributed by atoms with Gasteiger partial charge < -0.3 is 19.4 Å². The van der Waals surface area contributed by atoms with E-state index in [1.807, 2.05) is 4.90 Å². The standard InChI is InChI=1S/C33H39N5O2/c1-3-31(39)37-16-18-38(19-17-37)32-28-14-13-24(27-12-6-9-23-8-4-5-11-26(23)27)20-30(28)35-33(29(32)21-34)40-22-25-10-7-15-36(25)2/h3,6,9,12-14,20,25,28,30H,1,4-5,7-8,10-11,15-19,22H2,2H3/t25-,28?,30?/m0/s1. The molecular formula is C33H39N5O2. The number of piperazine rings is 1. The Hall–Kier alpha value is -3.63. The zero-order valence-electron chi connectivity index (χ0n) is 23.5. The number of hydrogen-bond acceptors (Lipinski definition) is 6. The molecule has 6 rings (SSSR count). The van der Waals surface area contributed by atoms with Gasteiger partial charge in [-0.25, -0.2) is 4.99 Å². The molecule has 3 heterocycles. The largest absolute Gasteiger partial charge is 0.475 e. The lowest BCUT2D eigenvalue weighted by atomic mass is 9.80. The first-order valence-electron chi connectivity index (χ1n) is 14.8.